The summed E-state index contributed by atoms with van der Waals surface area (Å²) in [6, 6.07) is 16.7. The van der Waals surface area contributed by atoms with Crippen molar-refractivity contribution in [1.82, 2.24) is 4.57 Å². The Kier molecular flexibility index (Phi) is 3.01. The summed E-state index contributed by atoms with van der Waals surface area (Å²) in [5.74, 6) is 0. The minimum Gasteiger partial charge on any atom is -0.269 e. The summed E-state index contributed by atoms with van der Waals surface area (Å²) in [6.45, 7) is 0.319. The van der Waals surface area contributed by atoms with Crippen molar-refractivity contribution in [1.29, 1.82) is 0 Å². The lowest BCUT2D eigenvalue weighted by atomic mass is 10.2. The molecule has 0 aliphatic rings. The number of aromatic nitrogens is 1. The van der Waals surface area contributed by atoms with Crippen molar-refractivity contribution in [3.63, 3.8) is 0 Å². The second-order valence-electron chi connectivity index (χ2n) is 4.24. The Labute approximate surface area is 113 Å². The number of rotatable bonds is 2. The third kappa shape index (κ3) is 2.22. The van der Waals surface area contributed by atoms with Crippen molar-refractivity contribution in [3.8, 4) is 0 Å². The molecule has 0 amide bonds. The Hall–Kier alpha value is -2.20. The van der Waals surface area contributed by atoms with Crippen LogP contribution in [-0.4, -0.2) is 4.57 Å². The molecule has 0 N–H and O–H groups in total. The summed E-state index contributed by atoms with van der Waals surface area (Å²) in [7, 11) is 0. The van der Waals surface area contributed by atoms with Crippen LogP contribution >= 0.6 is 11.3 Å². The highest BCUT2D eigenvalue weighted by Crippen LogP contribution is 2.11. The van der Waals surface area contributed by atoms with E-state index in [0.717, 1.165) is 21.6 Å². The van der Waals surface area contributed by atoms with Gasteiger partial charge >= 0.3 is 4.87 Å². The first-order chi connectivity index (χ1) is 9.25. The van der Waals surface area contributed by atoms with Gasteiger partial charge in [0, 0.05) is 4.70 Å². The van der Waals surface area contributed by atoms with Crippen molar-refractivity contribution < 1.29 is 0 Å². The minimum absolute atomic E-state index is 0.215. The van der Waals surface area contributed by atoms with Gasteiger partial charge in [0.2, 0.25) is 0 Å². The van der Waals surface area contributed by atoms with E-state index in [9.17, 15) is 9.59 Å². The fraction of sp³-hybridized carbons (Fsp3) is 0.0667. The van der Waals surface area contributed by atoms with Crippen LogP contribution in [-0.2, 0) is 6.54 Å². The van der Waals surface area contributed by atoms with Crippen LogP contribution in [0, 0.1) is 0 Å². The standard InChI is InChI=1S/C15H11NO2S/c17-14-12-8-4-5-9-13(12)19-15(18)16(14)10-11-6-2-1-3-7-11/h1-9H,10H2. The Morgan fingerprint density at radius 3 is 2.37 bits per heavy atom. The molecule has 94 valence electrons. The summed E-state index contributed by atoms with van der Waals surface area (Å²) in [4.78, 5) is 24.1. The predicted octanol–water partition coefficient (Wildman–Crippen LogP) is 2.47. The highest BCUT2D eigenvalue weighted by Gasteiger charge is 2.07. The largest absolute Gasteiger partial charge is 0.310 e. The van der Waals surface area contributed by atoms with Gasteiger partial charge in [-0.1, -0.05) is 53.8 Å². The lowest BCUT2D eigenvalue weighted by Gasteiger charge is -2.05. The zero-order chi connectivity index (χ0) is 13.2. The maximum absolute atomic E-state index is 12.3. The van der Waals surface area contributed by atoms with Crippen LogP contribution < -0.4 is 10.4 Å². The zero-order valence-electron chi connectivity index (χ0n) is 10.1. The van der Waals surface area contributed by atoms with Crippen molar-refractivity contribution >= 4 is 21.4 Å². The molecule has 19 heavy (non-hydrogen) atoms. The number of hydrogen-bond donors (Lipinski definition) is 0. The average molecular weight is 269 g/mol. The molecular formula is C15H11NO2S. The van der Waals surface area contributed by atoms with Crippen molar-refractivity contribution in [2.45, 2.75) is 6.54 Å². The van der Waals surface area contributed by atoms with Crippen LogP contribution in [0.5, 0.6) is 0 Å². The van der Waals surface area contributed by atoms with Crippen LogP contribution in [0.2, 0.25) is 0 Å². The lowest BCUT2D eigenvalue weighted by Crippen LogP contribution is -2.31. The highest BCUT2D eigenvalue weighted by molar-refractivity contribution is 7.16. The first-order valence-electron chi connectivity index (χ1n) is 5.92. The second kappa shape index (κ2) is 4.82. The fourth-order valence-electron chi connectivity index (χ4n) is 2.01. The Balaban J connectivity index is 2.19. The average Bonchev–Trinajstić information content (AvgIpc) is 2.45. The Bertz CT molecular complexity index is 834. The minimum atomic E-state index is -0.219. The molecular weight excluding hydrogens is 258 g/mol. The van der Waals surface area contributed by atoms with E-state index in [2.05, 4.69) is 0 Å². The Morgan fingerprint density at radius 1 is 0.895 bits per heavy atom. The maximum Gasteiger partial charge on any atom is 0.310 e. The molecule has 0 radical (unpaired) electrons. The van der Waals surface area contributed by atoms with Crippen LogP contribution in [0.15, 0.2) is 64.2 Å². The first-order valence-corrected chi connectivity index (χ1v) is 6.74. The van der Waals surface area contributed by atoms with Crippen molar-refractivity contribution in [2.24, 2.45) is 0 Å². The third-order valence-corrected chi connectivity index (χ3v) is 3.93. The summed E-state index contributed by atoms with van der Waals surface area (Å²) in [6.07, 6.45) is 0. The van der Waals surface area contributed by atoms with Crippen molar-refractivity contribution in [2.75, 3.05) is 0 Å². The van der Waals surface area contributed by atoms with E-state index in [1.807, 2.05) is 42.5 Å². The smallest absolute Gasteiger partial charge is 0.269 e. The van der Waals surface area contributed by atoms with Gasteiger partial charge in [0.15, 0.2) is 0 Å². The molecule has 0 atom stereocenters. The number of fused-ring (bicyclic) bond motifs is 1. The molecule has 3 aromatic rings. The van der Waals surface area contributed by atoms with Gasteiger partial charge in [-0.2, -0.15) is 0 Å². The number of nitrogens with zero attached hydrogens (tertiary/aromatic N) is 1. The topological polar surface area (TPSA) is 39.1 Å². The van der Waals surface area contributed by atoms with E-state index in [4.69, 9.17) is 0 Å². The maximum atomic E-state index is 12.3. The molecule has 0 saturated carbocycles. The van der Waals surface area contributed by atoms with E-state index < -0.39 is 0 Å². The lowest BCUT2D eigenvalue weighted by molar-refractivity contribution is 0.752. The Morgan fingerprint density at radius 2 is 1.58 bits per heavy atom. The third-order valence-electron chi connectivity index (χ3n) is 2.96. The van der Waals surface area contributed by atoms with Gasteiger partial charge in [0.25, 0.3) is 5.56 Å². The normalized spacial score (nSPS) is 10.7. The predicted molar refractivity (Wildman–Crippen MR) is 77.9 cm³/mol. The second-order valence-corrected chi connectivity index (χ2v) is 5.23. The van der Waals surface area contributed by atoms with E-state index in [-0.39, 0.29) is 10.4 Å². The zero-order valence-corrected chi connectivity index (χ0v) is 10.9. The molecule has 1 aromatic heterocycles. The van der Waals surface area contributed by atoms with Gasteiger partial charge in [0.1, 0.15) is 0 Å². The molecule has 1 heterocycles. The summed E-state index contributed by atoms with van der Waals surface area (Å²) < 4.78 is 2.03. The van der Waals surface area contributed by atoms with Gasteiger partial charge in [-0.25, -0.2) is 0 Å². The molecule has 4 heteroatoms. The van der Waals surface area contributed by atoms with Crippen LogP contribution in [0.4, 0.5) is 0 Å². The molecule has 0 aliphatic heterocycles. The fourth-order valence-corrected chi connectivity index (χ4v) is 2.87. The van der Waals surface area contributed by atoms with E-state index in [1.165, 1.54) is 4.57 Å². The quantitative estimate of drug-likeness (QED) is 0.717. The molecule has 0 unspecified atom stereocenters. The number of hydrogen-bond acceptors (Lipinski definition) is 3. The van der Waals surface area contributed by atoms with E-state index >= 15 is 0 Å². The van der Waals surface area contributed by atoms with Gasteiger partial charge in [-0.15, -0.1) is 0 Å². The van der Waals surface area contributed by atoms with E-state index in [0.29, 0.717) is 11.9 Å². The van der Waals surface area contributed by atoms with Gasteiger partial charge in [0.05, 0.1) is 11.9 Å². The highest BCUT2D eigenvalue weighted by atomic mass is 32.1. The summed E-state index contributed by atoms with van der Waals surface area (Å²) >= 11 is 1.11. The van der Waals surface area contributed by atoms with Crippen LogP contribution in [0.1, 0.15) is 5.56 Å². The molecule has 0 fully saturated rings. The molecule has 0 spiro atoms. The molecule has 3 rings (SSSR count). The first kappa shape index (κ1) is 11.9. The van der Waals surface area contributed by atoms with Gasteiger partial charge in [-0.05, 0) is 17.7 Å². The molecule has 0 aliphatic carbocycles. The molecule has 3 nitrogen and oxygen atoms in total. The monoisotopic (exact) mass is 269 g/mol. The summed E-state index contributed by atoms with van der Waals surface area (Å²) in [5, 5.41) is 0.600. The van der Waals surface area contributed by atoms with E-state index in [1.54, 1.807) is 12.1 Å². The SMILES string of the molecule is O=c1sc2ccccc2c(=O)n1Cc1ccccc1. The number of benzene rings is 2. The van der Waals surface area contributed by atoms with Gasteiger partial charge in [-0.3, -0.25) is 14.2 Å². The van der Waals surface area contributed by atoms with Crippen LogP contribution in [0.3, 0.4) is 0 Å². The van der Waals surface area contributed by atoms with Crippen molar-refractivity contribution in [3.05, 3.63) is 80.2 Å². The molecule has 0 bridgehead atoms. The van der Waals surface area contributed by atoms with Crippen LogP contribution in [0.25, 0.3) is 10.1 Å². The summed E-state index contributed by atoms with van der Waals surface area (Å²) in [5.41, 5.74) is 0.729. The molecule has 0 saturated heterocycles. The van der Waals surface area contributed by atoms with Gasteiger partial charge < -0.3 is 0 Å². The molecule has 2 aromatic carbocycles.